The van der Waals surface area contributed by atoms with Crippen LogP contribution in [0.1, 0.15) is 18.4 Å². The number of hydrogen-bond donors (Lipinski definition) is 2. The fraction of sp³-hybridized carbons (Fsp3) is 0.538. The quantitative estimate of drug-likeness (QED) is 0.647. The SMILES string of the molecule is NNC(Cc1cccc(Cl)c1Cl)CC1CCOC1. The van der Waals surface area contributed by atoms with Gasteiger partial charge in [-0.05, 0) is 36.8 Å². The van der Waals surface area contributed by atoms with Gasteiger partial charge < -0.3 is 4.74 Å². The lowest BCUT2D eigenvalue weighted by Gasteiger charge is -2.19. The molecule has 0 radical (unpaired) electrons. The van der Waals surface area contributed by atoms with Crippen molar-refractivity contribution < 1.29 is 4.74 Å². The number of hydrogen-bond acceptors (Lipinski definition) is 3. The zero-order valence-corrected chi connectivity index (χ0v) is 11.7. The molecule has 1 fully saturated rings. The Balaban J connectivity index is 1.98. The number of halogens is 2. The van der Waals surface area contributed by atoms with Gasteiger partial charge in [0, 0.05) is 19.3 Å². The summed E-state index contributed by atoms with van der Waals surface area (Å²) in [6.07, 6.45) is 2.90. The molecule has 0 spiro atoms. The van der Waals surface area contributed by atoms with E-state index in [1.165, 1.54) is 0 Å². The van der Waals surface area contributed by atoms with Gasteiger partial charge in [0.1, 0.15) is 0 Å². The average molecular weight is 289 g/mol. The van der Waals surface area contributed by atoms with Crippen molar-refractivity contribution in [1.29, 1.82) is 0 Å². The van der Waals surface area contributed by atoms with Gasteiger partial charge in [0.15, 0.2) is 0 Å². The van der Waals surface area contributed by atoms with Crippen molar-refractivity contribution in [3.8, 4) is 0 Å². The Morgan fingerprint density at radius 3 is 2.94 bits per heavy atom. The Hall–Kier alpha value is -0.320. The van der Waals surface area contributed by atoms with Crippen molar-refractivity contribution in [3.05, 3.63) is 33.8 Å². The van der Waals surface area contributed by atoms with E-state index in [-0.39, 0.29) is 6.04 Å². The molecule has 2 atom stereocenters. The zero-order chi connectivity index (χ0) is 13.0. The van der Waals surface area contributed by atoms with E-state index in [4.69, 9.17) is 33.8 Å². The second kappa shape index (κ2) is 6.73. The third kappa shape index (κ3) is 3.59. The Morgan fingerprint density at radius 2 is 2.28 bits per heavy atom. The average Bonchev–Trinajstić information content (AvgIpc) is 2.86. The first-order chi connectivity index (χ1) is 8.70. The van der Waals surface area contributed by atoms with Crippen LogP contribution in [0.25, 0.3) is 0 Å². The maximum absolute atomic E-state index is 6.19. The van der Waals surface area contributed by atoms with Crippen molar-refractivity contribution in [2.45, 2.75) is 25.3 Å². The van der Waals surface area contributed by atoms with E-state index >= 15 is 0 Å². The first-order valence-corrected chi connectivity index (χ1v) is 6.93. The van der Waals surface area contributed by atoms with E-state index in [9.17, 15) is 0 Å². The Bertz CT molecular complexity index is 395. The first-order valence-electron chi connectivity index (χ1n) is 6.17. The summed E-state index contributed by atoms with van der Waals surface area (Å²) in [5, 5.41) is 1.22. The molecule has 0 saturated carbocycles. The molecule has 1 aromatic carbocycles. The maximum atomic E-state index is 6.19. The van der Waals surface area contributed by atoms with E-state index < -0.39 is 0 Å². The summed E-state index contributed by atoms with van der Waals surface area (Å²) in [7, 11) is 0. The predicted molar refractivity (Wildman–Crippen MR) is 74.8 cm³/mol. The molecule has 18 heavy (non-hydrogen) atoms. The third-order valence-corrected chi connectivity index (χ3v) is 4.23. The molecular formula is C13H18Cl2N2O. The number of ether oxygens (including phenoxy) is 1. The van der Waals surface area contributed by atoms with Gasteiger partial charge in [-0.1, -0.05) is 35.3 Å². The Morgan fingerprint density at radius 1 is 1.44 bits per heavy atom. The number of nitrogens with two attached hydrogens (primary N) is 1. The minimum Gasteiger partial charge on any atom is -0.381 e. The Kier molecular flexibility index (Phi) is 5.27. The van der Waals surface area contributed by atoms with Crippen LogP contribution in [0.4, 0.5) is 0 Å². The molecule has 2 unspecified atom stereocenters. The van der Waals surface area contributed by atoms with Crippen LogP contribution < -0.4 is 11.3 Å². The van der Waals surface area contributed by atoms with E-state index in [2.05, 4.69) is 5.43 Å². The lowest BCUT2D eigenvalue weighted by Crippen LogP contribution is -2.38. The molecule has 3 nitrogen and oxygen atoms in total. The van der Waals surface area contributed by atoms with Crippen LogP contribution in [-0.2, 0) is 11.2 Å². The molecule has 1 saturated heterocycles. The summed E-state index contributed by atoms with van der Waals surface area (Å²) in [5.41, 5.74) is 3.90. The number of nitrogens with one attached hydrogen (secondary N) is 1. The van der Waals surface area contributed by atoms with Gasteiger partial charge in [-0.2, -0.15) is 0 Å². The minimum atomic E-state index is 0.202. The van der Waals surface area contributed by atoms with Gasteiger partial charge >= 0.3 is 0 Å². The second-order valence-electron chi connectivity index (χ2n) is 4.75. The maximum Gasteiger partial charge on any atom is 0.0624 e. The summed E-state index contributed by atoms with van der Waals surface area (Å²) in [6, 6.07) is 5.90. The van der Waals surface area contributed by atoms with Gasteiger partial charge in [0.25, 0.3) is 0 Å². The molecule has 1 aliphatic rings. The lowest BCUT2D eigenvalue weighted by molar-refractivity contribution is 0.181. The smallest absolute Gasteiger partial charge is 0.0624 e. The number of rotatable bonds is 5. The minimum absolute atomic E-state index is 0.202. The monoisotopic (exact) mass is 288 g/mol. The van der Waals surface area contributed by atoms with Crippen LogP contribution in [0.15, 0.2) is 18.2 Å². The van der Waals surface area contributed by atoms with Crippen molar-refractivity contribution in [1.82, 2.24) is 5.43 Å². The van der Waals surface area contributed by atoms with Crippen LogP contribution >= 0.6 is 23.2 Å². The van der Waals surface area contributed by atoms with Crippen LogP contribution in [0.5, 0.6) is 0 Å². The molecule has 0 bridgehead atoms. The highest BCUT2D eigenvalue weighted by atomic mass is 35.5. The lowest BCUT2D eigenvalue weighted by atomic mass is 9.95. The van der Waals surface area contributed by atoms with Crippen molar-refractivity contribution >= 4 is 23.2 Å². The molecule has 100 valence electrons. The summed E-state index contributed by atoms with van der Waals surface area (Å²) < 4.78 is 5.38. The molecule has 0 aliphatic carbocycles. The topological polar surface area (TPSA) is 47.3 Å². The molecule has 1 heterocycles. The molecule has 2 rings (SSSR count). The van der Waals surface area contributed by atoms with Gasteiger partial charge in [-0.25, -0.2) is 0 Å². The van der Waals surface area contributed by atoms with Crippen LogP contribution in [-0.4, -0.2) is 19.3 Å². The predicted octanol–water partition coefficient (Wildman–Crippen LogP) is 2.79. The van der Waals surface area contributed by atoms with Crippen molar-refractivity contribution in [2.24, 2.45) is 11.8 Å². The van der Waals surface area contributed by atoms with Gasteiger partial charge in [0.2, 0.25) is 0 Å². The number of benzene rings is 1. The molecule has 1 aromatic rings. The highest BCUT2D eigenvalue weighted by molar-refractivity contribution is 6.42. The van der Waals surface area contributed by atoms with Crippen LogP contribution in [0.3, 0.4) is 0 Å². The van der Waals surface area contributed by atoms with Crippen LogP contribution in [0, 0.1) is 5.92 Å². The zero-order valence-electron chi connectivity index (χ0n) is 10.2. The highest BCUT2D eigenvalue weighted by Crippen LogP contribution is 2.27. The van der Waals surface area contributed by atoms with Gasteiger partial charge in [0.05, 0.1) is 10.0 Å². The van der Waals surface area contributed by atoms with Gasteiger partial charge in [-0.15, -0.1) is 0 Å². The fourth-order valence-corrected chi connectivity index (χ4v) is 2.75. The summed E-state index contributed by atoms with van der Waals surface area (Å²) in [4.78, 5) is 0. The second-order valence-corrected chi connectivity index (χ2v) is 5.53. The molecule has 3 N–H and O–H groups in total. The van der Waals surface area contributed by atoms with E-state index in [0.29, 0.717) is 16.0 Å². The fourth-order valence-electron chi connectivity index (χ4n) is 2.35. The van der Waals surface area contributed by atoms with E-state index in [0.717, 1.165) is 38.0 Å². The van der Waals surface area contributed by atoms with Crippen molar-refractivity contribution in [3.63, 3.8) is 0 Å². The highest BCUT2D eigenvalue weighted by Gasteiger charge is 2.21. The molecule has 5 heteroatoms. The number of hydrazine groups is 1. The molecular weight excluding hydrogens is 271 g/mol. The van der Waals surface area contributed by atoms with E-state index in [1.54, 1.807) is 6.07 Å². The molecule has 0 amide bonds. The standard InChI is InChI=1S/C13H18Cl2N2O/c14-12-3-1-2-10(13(12)15)7-11(17-16)6-9-4-5-18-8-9/h1-3,9,11,17H,4-8,16H2. The molecule has 0 aromatic heterocycles. The van der Waals surface area contributed by atoms with Gasteiger partial charge in [-0.3, -0.25) is 11.3 Å². The van der Waals surface area contributed by atoms with E-state index in [1.807, 2.05) is 12.1 Å². The Labute approximate surface area is 118 Å². The first kappa shape index (κ1) is 14.1. The molecule has 1 aliphatic heterocycles. The summed E-state index contributed by atoms with van der Waals surface area (Å²) >= 11 is 12.2. The van der Waals surface area contributed by atoms with Crippen LogP contribution in [0.2, 0.25) is 10.0 Å². The van der Waals surface area contributed by atoms with Crippen molar-refractivity contribution in [2.75, 3.05) is 13.2 Å². The third-order valence-electron chi connectivity index (χ3n) is 3.38. The summed E-state index contributed by atoms with van der Waals surface area (Å²) in [6.45, 7) is 1.70. The summed E-state index contributed by atoms with van der Waals surface area (Å²) in [5.74, 6) is 6.21. The normalized spacial score (nSPS) is 21.2. The largest absolute Gasteiger partial charge is 0.381 e.